The third-order valence-electron chi connectivity index (χ3n) is 3.07. The number of rotatable bonds is 8. The van der Waals surface area contributed by atoms with Crippen LogP contribution in [0.3, 0.4) is 0 Å². The number of hydrogen-bond donors (Lipinski definition) is 2. The summed E-state index contributed by atoms with van der Waals surface area (Å²) in [6.07, 6.45) is 0.631. The van der Waals surface area contributed by atoms with Crippen molar-refractivity contribution in [1.82, 2.24) is 5.32 Å². The van der Waals surface area contributed by atoms with Gasteiger partial charge in [0.2, 0.25) is 5.91 Å². The largest absolute Gasteiger partial charge is 0.389 e. The lowest BCUT2D eigenvalue weighted by Crippen LogP contribution is -2.34. The average Bonchev–Trinajstić information content (AvgIpc) is 2.44. The molecule has 2 atom stereocenters. The van der Waals surface area contributed by atoms with Gasteiger partial charge in [0.25, 0.3) is 0 Å². The van der Waals surface area contributed by atoms with E-state index < -0.39 is 6.10 Å². The number of hydrogen-bond acceptors (Lipinski definition) is 3. The fourth-order valence-corrected chi connectivity index (χ4v) is 1.87. The van der Waals surface area contributed by atoms with Crippen LogP contribution in [0.1, 0.15) is 31.2 Å². The first-order chi connectivity index (χ1) is 9.13. The molecule has 0 aliphatic rings. The second-order valence-corrected chi connectivity index (χ2v) is 4.76. The Balaban J connectivity index is 2.23. The summed E-state index contributed by atoms with van der Waals surface area (Å²) in [6, 6.07) is 10.1. The maximum Gasteiger partial charge on any atom is 0.220 e. The van der Waals surface area contributed by atoms with Crippen molar-refractivity contribution >= 4 is 5.91 Å². The van der Waals surface area contributed by atoms with Gasteiger partial charge in [0, 0.05) is 20.1 Å². The molecule has 0 aliphatic heterocycles. The molecule has 106 valence electrons. The molecule has 1 aromatic carbocycles. The van der Waals surface area contributed by atoms with Gasteiger partial charge in [-0.2, -0.15) is 0 Å². The minimum Gasteiger partial charge on any atom is -0.389 e. The molecular weight excluding hydrogens is 242 g/mol. The van der Waals surface area contributed by atoms with Gasteiger partial charge in [0.05, 0.1) is 12.7 Å². The van der Waals surface area contributed by atoms with Crippen molar-refractivity contribution in [3.63, 3.8) is 0 Å². The average molecular weight is 265 g/mol. The summed E-state index contributed by atoms with van der Waals surface area (Å²) in [7, 11) is 1.52. The lowest BCUT2D eigenvalue weighted by molar-refractivity contribution is -0.121. The minimum atomic E-state index is -0.638. The third-order valence-corrected chi connectivity index (χ3v) is 3.07. The SMILES string of the molecule is COCC(O)CNC(=O)CCC(C)c1ccccc1. The Morgan fingerprint density at radius 2 is 2.05 bits per heavy atom. The standard InChI is InChI=1S/C15H23NO3/c1-12(13-6-4-3-5-7-13)8-9-15(18)16-10-14(17)11-19-2/h3-7,12,14,17H,8-11H2,1-2H3,(H,16,18). The number of benzene rings is 1. The highest BCUT2D eigenvalue weighted by atomic mass is 16.5. The maximum atomic E-state index is 11.6. The van der Waals surface area contributed by atoms with Crippen molar-refractivity contribution in [2.45, 2.75) is 31.8 Å². The molecule has 1 aromatic rings. The van der Waals surface area contributed by atoms with E-state index in [-0.39, 0.29) is 19.1 Å². The van der Waals surface area contributed by atoms with Crippen LogP contribution >= 0.6 is 0 Å². The predicted molar refractivity (Wildman–Crippen MR) is 75.0 cm³/mol. The van der Waals surface area contributed by atoms with E-state index in [9.17, 15) is 9.90 Å². The van der Waals surface area contributed by atoms with Gasteiger partial charge >= 0.3 is 0 Å². The Hall–Kier alpha value is -1.39. The zero-order valence-corrected chi connectivity index (χ0v) is 11.6. The van der Waals surface area contributed by atoms with Crippen LogP contribution in [0, 0.1) is 0 Å². The van der Waals surface area contributed by atoms with Gasteiger partial charge in [-0.15, -0.1) is 0 Å². The van der Waals surface area contributed by atoms with Gasteiger partial charge in [-0.05, 0) is 17.9 Å². The monoisotopic (exact) mass is 265 g/mol. The Bertz CT molecular complexity index is 367. The van der Waals surface area contributed by atoms with Crippen LogP contribution in [0.5, 0.6) is 0 Å². The van der Waals surface area contributed by atoms with Gasteiger partial charge in [-0.3, -0.25) is 4.79 Å². The quantitative estimate of drug-likeness (QED) is 0.752. The van der Waals surface area contributed by atoms with Crippen molar-refractivity contribution in [2.75, 3.05) is 20.3 Å². The molecule has 4 nitrogen and oxygen atoms in total. The first kappa shape index (κ1) is 15.7. The van der Waals surface area contributed by atoms with Crippen molar-refractivity contribution in [3.8, 4) is 0 Å². The second-order valence-electron chi connectivity index (χ2n) is 4.76. The Labute approximate surface area is 114 Å². The molecule has 0 heterocycles. The molecule has 19 heavy (non-hydrogen) atoms. The molecule has 0 fully saturated rings. The zero-order chi connectivity index (χ0) is 14.1. The van der Waals surface area contributed by atoms with Crippen LogP contribution < -0.4 is 5.32 Å². The number of amides is 1. The zero-order valence-electron chi connectivity index (χ0n) is 11.6. The van der Waals surface area contributed by atoms with Crippen LogP contribution in [0.25, 0.3) is 0 Å². The van der Waals surface area contributed by atoms with Gasteiger partial charge in [-0.1, -0.05) is 37.3 Å². The van der Waals surface area contributed by atoms with E-state index in [0.717, 1.165) is 6.42 Å². The molecular formula is C15H23NO3. The summed E-state index contributed by atoms with van der Waals surface area (Å²) in [5, 5.41) is 12.1. The van der Waals surface area contributed by atoms with E-state index >= 15 is 0 Å². The second kappa shape index (κ2) is 8.67. The maximum absolute atomic E-state index is 11.6. The number of aliphatic hydroxyl groups excluding tert-OH is 1. The number of carbonyl (C=O) groups excluding carboxylic acids is 1. The Morgan fingerprint density at radius 1 is 1.37 bits per heavy atom. The van der Waals surface area contributed by atoms with Crippen molar-refractivity contribution in [3.05, 3.63) is 35.9 Å². The summed E-state index contributed by atoms with van der Waals surface area (Å²) in [5.41, 5.74) is 1.25. The molecule has 1 amide bonds. The minimum absolute atomic E-state index is 0.0297. The molecule has 4 heteroatoms. The molecule has 0 saturated heterocycles. The van der Waals surface area contributed by atoms with Crippen LogP contribution in [-0.4, -0.2) is 37.4 Å². The number of ether oxygens (including phenoxy) is 1. The van der Waals surface area contributed by atoms with Crippen LogP contribution in [0.15, 0.2) is 30.3 Å². The lowest BCUT2D eigenvalue weighted by Gasteiger charge is -2.13. The van der Waals surface area contributed by atoms with Gasteiger partial charge in [0.1, 0.15) is 0 Å². The molecule has 1 rings (SSSR count). The number of aliphatic hydroxyl groups is 1. The van der Waals surface area contributed by atoms with Crippen LogP contribution in [-0.2, 0) is 9.53 Å². The van der Waals surface area contributed by atoms with E-state index in [1.807, 2.05) is 18.2 Å². The van der Waals surface area contributed by atoms with Gasteiger partial charge in [0.15, 0.2) is 0 Å². The number of carbonyl (C=O) groups is 1. The number of nitrogens with one attached hydrogen (secondary N) is 1. The number of methoxy groups -OCH3 is 1. The third kappa shape index (κ3) is 6.36. The van der Waals surface area contributed by atoms with Gasteiger partial charge in [-0.25, -0.2) is 0 Å². The summed E-state index contributed by atoms with van der Waals surface area (Å²) in [6.45, 7) is 2.59. The molecule has 0 spiro atoms. The van der Waals surface area contributed by atoms with Crippen LogP contribution in [0.4, 0.5) is 0 Å². The normalized spacial score (nSPS) is 13.8. The molecule has 2 unspecified atom stereocenters. The first-order valence-electron chi connectivity index (χ1n) is 6.62. The first-order valence-corrected chi connectivity index (χ1v) is 6.62. The van der Waals surface area contributed by atoms with E-state index in [1.54, 1.807) is 0 Å². The molecule has 0 saturated carbocycles. The summed E-state index contributed by atoms with van der Waals surface area (Å²) in [4.78, 5) is 11.6. The van der Waals surface area contributed by atoms with E-state index in [4.69, 9.17) is 4.74 Å². The van der Waals surface area contributed by atoms with Gasteiger partial charge < -0.3 is 15.2 Å². The van der Waals surface area contributed by atoms with Crippen molar-refractivity contribution in [2.24, 2.45) is 0 Å². The Kier molecular flexibility index (Phi) is 7.15. The summed E-state index contributed by atoms with van der Waals surface area (Å²) in [5.74, 6) is 0.328. The lowest BCUT2D eigenvalue weighted by atomic mass is 9.96. The highest BCUT2D eigenvalue weighted by Gasteiger charge is 2.10. The highest BCUT2D eigenvalue weighted by Crippen LogP contribution is 2.19. The fraction of sp³-hybridized carbons (Fsp3) is 0.533. The van der Waals surface area contributed by atoms with Crippen molar-refractivity contribution < 1.29 is 14.6 Å². The Morgan fingerprint density at radius 3 is 2.68 bits per heavy atom. The molecule has 2 N–H and O–H groups in total. The topological polar surface area (TPSA) is 58.6 Å². The smallest absolute Gasteiger partial charge is 0.220 e. The molecule has 0 aromatic heterocycles. The summed E-state index contributed by atoms with van der Waals surface area (Å²) < 4.78 is 4.79. The van der Waals surface area contributed by atoms with Crippen molar-refractivity contribution in [1.29, 1.82) is 0 Å². The molecule has 0 aliphatic carbocycles. The highest BCUT2D eigenvalue weighted by molar-refractivity contribution is 5.75. The van der Waals surface area contributed by atoms with E-state index in [2.05, 4.69) is 24.4 Å². The molecule has 0 bridgehead atoms. The molecule has 0 radical (unpaired) electrons. The van der Waals surface area contributed by atoms with E-state index in [0.29, 0.717) is 12.3 Å². The van der Waals surface area contributed by atoms with E-state index in [1.165, 1.54) is 12.7 Å². The fourth-order valence-electron chi connectivity index (χ4n) is 1.87. The van der Waals surface area contributed by atoms with Crippen LogP contribution in [0.2, 0.25) is 0 Å². The predicted octanol–water partition coefficient (Wildman–Crippen LogP) is 1.69. The summed E-state index contributed by atoms with van der Waals surface area (Å²) >= 11 is 0.